The molecule has 0 aromatic heterocycles. The van der Waals surface area contributed by atoms with E-state index < -0.39 is 25.6 Å². The minimum absolute atomic E-state index is 0.00220. The number of aliphatic hydroxyl groups is 1. The Morgan fingerprint density at radius 2 is 1.62 bits per heavy atom. The highest BCUT2D eigenvalue weighted by Crippen LogP contribution is 2.30. The van der Waals surface area contributed by atoms with Crippen LogP contribution in [-0.2, 0) is 20.0 Å². The van der Waals surface area contributed by atoms with E-state index in [1.54, 1.807) is 6.92 Å². The molecule has 21 heavy (non-hydrogen) atoms. The molecule has 9 heteroatoms. The van der Waals surface area contributed by atoms with Crippen molar-refractivity contribution in [3.8, 4) is 0 Å². The monoisotopic (exact) mass is 334 g/mol. The molecule has 0 amide bonds. The van der Waals surface area contributed by atoms with Crippen molar-refractivity contribution in [3.63, 3.8) is 0 Å². The fourth-order valence-corrected chi connectivity index (χ4v) is 4.39. The van der Waals surface area contributed by atoms with Crippen molar-refractivity contribution in [3.05, 3.63) is 24.3 Å². The van der Waals surface area contributed by atoms with Gasteiger partial charge in [-0.1, -0.05) is 6.92 Å². The van der Waals surface area contributed by atoms with Gasteiger partial charge >= 0.3 is 0 Å². The molecule has 0 aliphatic carbocycles. The molecule has 1 saturated heterocycles. The lowest BCUT2D eigenvalue weighted by Gasteiger charge is -2.44. The summed E-state index contributed by atoms with van der Waals surface area (Å²) in [6, 6.07) is 4.99. The summed E-state index contributed by atoms with van der Waals surface area (Å²) in [4.78, 5) is 0.00771. The largest absolute Gasteiger partial charge is 0.387 e. The van der Waals surface area contributed by atoms with E-state index in [1.807, 2.05) is 0 Å². The third-order valence-electron chi connectivity index (χ3n) is 3.64. The Bertz CT molecular complexity index is 719. The smallest absolute Gasteiger partial charge is 0.243 e. The molecule has 2 N–H and O–H groups in total. The van der Waals surface area contributed by atoms with Crippen LogP contribution in [0.5, 0.6) is 0 Å². The zero-order valence-electron chi connectivity index (χ0n) is 11.8. The van der Waals surface area contributed by atoms with E-state index in [2.05, 4.69) is 4.72 Å². The number of hydrogen-bond donors (Lipinski definition) is 2. The summed E-state index contributed by atoms with van der Waals surface area (Å²) in [6.07, 6.45) is 0.484. The van der Waals surface area contributed by atoms with Gasteiger partial charge < -0.3 is 5.11 Å². The van der Waals surface area contributed by atoms with Gasteiger partial charge in [0.1, 0.15) is 0 Å². The molecule has 2 rings (SSSR count). The van der Waals surface area contributed by atoms with Gasteiger partial charge in [0, 0.05) is 13.1 Å². The van der Waals surface area contributed by atoms with Crippen LogP contribution in [0.3, 0.4) is 0 Å². The standard InChI is InChI=1S/C12H18N2O5S2/c1-3-12(15)8-14(9-12)21(18,19)11-6-4-10(5-7-11)20(16,17)13-2/h4-7,13,15H,3,8-9H2,1-2H3. The zero-order chi connectivity index (χ0) is 15.9. The quantitative estimate of drug-likeness (QED) is 0.772. The molecular formula is C12H18N2O5S2. The Morgan fingerprint density at radius 1 is 1.14 bits per heavy atom. The lowest BCUT2D eigenvalue weighted by Crippen LogP contribution is -2.62. The van der Waals surface area contributed by atoms with E-state index in [1.165, 1.54) is 35.6 Å². The van der Waals surface area contributed by atoms with Crippen LogP contribution >= 0.6 is 0 Å². The second kappa shape index (κ2) is 5.33. The number of β-amino-alcohol motifs (C(OH)–C–C–N with tert-alkyl or cyclic N) is 1. The predicted octanol–water partition coefficient (Wildman–Crippen LogP) is -0.260. The molecule has 1 aliphatic rings. The Kier molecular flexibility index (Phi) is 4.15. The van der Waals surface area contributed by atoms with E-state index in [0.29, 0.717) is 6.42 Å². The van der Waals surface area contributed by atoms with Crippen molar-refractivity contribution >= 4 is 20.0 Å². The minimum Gasteiger partial charge on any atom is -0.387 e. The normalized spacial score (nSPS) is 19.2. The Morgan fingerprint density at radius 3 is 2.05 bits per heavy atom. The molecule has 1 fully saturated rings. The summed E-state index contributed by atoms with van der Waals surface area (Å²) in [7, 11) is -6.00. The molecule has 0 spiro atoms. The van der Waals surface area contributed by atoms with Gasteiger partial charge in [-0.15, -0.1) is 0 Å². The van der Waals surface area contributed by atoms with Gasteiger partial charge in [-0.3, -0.25) is 0 Å². The molecule has 0 unspecified atom stereocenters. The summed E-state index contributed by atoms with van der Waals surface area (Å²) in [6.45, 7) is 1.91. The Balaban J connectivity index is 2.23. The molecule has 0 bridgehead atoms. The first kappa shape index (κ1) is 16.4. The van der Waals surface area contributed by atoms with E-state index in [0.717, 1.165) is 0 Å². The first-order valence-corrected chi connectivity index (χ1v) is 9.33. The van der Waals surface area contributed by atoms with E-state index >= 15 is 0 Å². The number of rotatable bonds is 5. The topological polar surface area (TPSA) is 104 Å². The van der Waals surface area contributed by atoms with Crippen LogP contribution in [0, 0.1) is 0 Å². The van der Waals surface area contributed by atoms with Crippen LogP contribution in [0.1, 0.15) is 13.3 Å². The molecular weight excluding hydrogens is 316 g/mol. The van der Waals surface area contributed by atoms with Gasteiger partial charge in [0.05, 0.1) is 15.4 Å². The number of nitrogens with zero attached hydrogens (tertiary/aromatic N) is 1. The first-order chi connectivity index (χ1) is 9.64. The van der Waals surface area contributed by atoms with Crippen molar-refractivity contribution in [2.24, 2.45) is 0 Å². The van der Waals surface area contributed by atoms with Gasteiger partial charge in [-0.05, 0) is 37.7 Å². The average Bonchev–Trinajstić information content (AvgIpc) is 2.44. The van der Waals surface area contributed by atoms with Crippen molar-refractivity contribution in [1.29, 1.82) is 0 Å². The number of hydrogen-bond acceptors (Lipinski definition) is 5. The number of sulfonamides is 2. The van der Waals surface area contributed by atoms with Gasteiger partial charge in [0.2, 0.25) is 20.0 Å². The maximum atomic E-state index is 12.3. The third-order valence-corrected chi connectivity index (χ3v) is 6.88. The van der Waals surface area contributed by atoms with Crippen molar-refractivity contribution in [1.82, 2.24) is 9.03 Å². The maximum Gasteiger partial charge on any atom is 0.243 e. The molecule has 1 aromatic rings. The lowest BCUT2D eigenvalue weighted by molar-refractivity contribution is -0.0613. The molecule has 1 aliphatic heterocycles. The van der Waals surface area contributed by atoms with Crippen LogP contribution < -0.4 is 4.72 Å². The Labute approximate surface area is 124 Å². The zero-order valence-corrected chi connectivity index (χ0v) is 13.4. The Hall–Kier alpha value is -1.00. The van der Waals surface area contributed by atoms with E-state index in [9.17, 15) is 21.9 Å². The van der Waals surface area contributed by atoms with Crippen LogP contribution in [0.25, 0.3) is 0 Å². The summed E-state index contributed by atoms with van der Waals surface area (Å²) in [5.41, 5.74) is -0.956. The summed E-state index contributed by atoms with van der Waals surface area (Å²) in [5, 5.41) is 9.89. The molecule has 0 atom stereocenters. The van der Waals surface area contributed by atoms with Gasteiger partial charge in [-0.2, -0.15) is 4.31 Å². The molecule has 1 aromatic carbocycles. The predicted molar refractivity (Wildman–Crippen MR) is 76.7 cm³/mol. The van der Waals surface area contributed by atoms with Crippen molar-refractivity contribution < 1.29 is 21.9 Å². The highest BCUT2D eigenvalue weighted by molar-refractivity contribution is 7.89. The van der Waals surface area contributed by atoms with Crippen LogP contribution in [0.2, 0.25) is 0 Å². The molecule has 1 heterocycles. The van der Waals surface area contributed by atoms with Crippen LogP contribution in [0.15, 0.2) is 34.1 Å². The average molecular weight is 334 g/mol. The van der Waals surface area contributed by atoms with Crippen molar-refractivity contribution in [2.75, 3.05) is 20.1 Å². The highest BCUT2D eigenvalue weighted by atomic mass is 32.2. The molecule has 0 radical (unpaired) electrons. The third kappa shape index (κ3) is 2.97. The highest BCUT2D eigenvalue weighted by Gasteiger charge is 2.45. The first-order valence-electron chi connectivity index (χ1n) is 6.41. The second-order valence-corrected chi connectivity index (χ2v) is 8.85. The van der Waals surface area contributed by atoms with Gasteiger partial charge in [0.15, 0.2) is 0 Å². The van der Waals surface area contributed by atoms with Crippen LogP contribution in [0.4, 0.5) is 0 Å². The molecule has 118 valence electrons. The molecule has 0 saturated carbocycles. The maximum absolute atomic E-state index is 12.3. The van der Waals surface area contributed by atoms with E-state index in [-0.39, 0.29) is 22.9 Å². The fraction of sp³-hybridized carbons (Fsp3) is 0.500. The molecule has 7 nitrogen and oxygen atoms in total. The van der Waals surface area contributed by atoms with Crippen molar-refractivity contribution in [2.45, 2.75) is 28.7 Å². The SMILES string of the molecule is CCC1(O)CN(S(=O)(=O)c2ccc(S(=O)(=O)NC)cc2)C1. The number of benzene rings is 1. The summed E-state index contributed by atoms with van der Waals surface area (Å²) < 4.78 is 51.1. The van der Waals surface area contributed by atoms with Crippen LogP contribution in [-0.4, -0.2) is 52.0 Å². The minimum atomic E-state index is -3.69. The summed E-state index contributed by atoms with van der Waals surface area (Å²) >= 11 is 0. The second-order valence-electron chi connectivity index (χ2n) is 5.03. The van der Waals surface area contributed by atoms with Gasteiger partial charge in [0.25, 0.3) is 0 Å². The summed E-state index contributed by atoms with van der Waals surface area (Å²) in [5.74, 6) is 0. The van der Waals surface area contributed by atoms with Gasteiger partial charge in [-0.25, -0.2) is 21.6 Å². The fourth-order valence-electron chi connectivity index (χ4n) is 2.06. The number of nitrogens with one attached hydrogen (secondary N) is 1. The van der Waals surface area contributed by atoms with E-state index in [4.69, 9.17) is 0 Å². The lowest BCUT2D eigenvalue weighted by atomic mass is 9.94.